The summed E-state index contributed by atoms with van der Waals surface area (Å²) in [6, 6.07) is 10.8. The van der Waals surface area contributed by atoms with Crippen molar-refractivity contribution in [3.8, 4) is 0 Å². The molecule has 3 rings (SSSR count). The van der Waals surface area contributed by atoms with Crippen LogP contribution < -0.4 is 0 Å². The molecular weight excluding hydrogens is 184 g/mol. The molecule has 0 heterocycles. The number of aliphatic hydroxyl groups is 1. The van der Waals surface area contributed by atoms with Crippen LogP contribution in [0.4, 0.5) is 0 Å². The Morgan fingerprint density at radius 3 is 2.47 bits per heavy atom. The van der Waals surface area contributed by atoms with Crippen LogP contribution in [0.25, 0.3) is 0 Å². The van der Waals surface area contributed by atoms with Crippen molar-refractivity contribution in [1.29, 1.82) is 0 Å². The van der Waals surface area contributed by atoms with Crippen LogP contribution >= 0.6 is 0 Å². The second-order valence-electron chi connectivity index (χ2n) is 5.14. The minimum Gasteiger partial charge on any atom is -0.393 e. The Morgan fingerprint density at radius 1 is 1.00 bits per heavy atom. The highest BCUT2D eigenvalue weighted by atomic mass is 16.3. The van der Waals surface area contributed by atoms with E-state index in [-0.39, 0.29) is 6.10 Å². The molecule has 1 aromatic rings. The first-order valence-corrected chi connectivity index (χ1v) is 6.07. The molecule has 2 aliphatic carbocycles. The largest absolute Gasteiger partial charge is 0.393 e. The maximum atomic E-state index is 9.53. The van der Waals surface area contributed by atoms with Gasteiger partial charge >= 0.3 is 0 Å². The van der Waals surface area contributed by atoms with Crippen LogP contribution in [-0.4, -0.2) is 11.2 Å². The highest BCUT2D eigenvalue weighted by Gasteiger charge is 2.45. The van der Waals surface area contributed by atoms with Crippen LogP contribution in [0.1, 0.15) is 37.2 Å². The van der Waals surface area contributed by atoms with Crippen LogP contribution in [0, 0.1) is 11.8 Å². The number of benzene rings is 1. The van der Waals surface area contributed by atoms with Gasteiger partial charge in [-0.2, -0.15) is 0 Å². The highest BCUT2D eigenvalue weighted by Crippen LogP contribution is 2.55. The molecule has 0 aliphatic heterocycles. The van der Waals surface area contributed by atoms with Crippen molar-refractivity contribution in [3.63, 3.8) is 0 Å². The molecule has 15 heavy (non-hydrogen) atoms. The van der Waals surface area contributed by atoms with Crippen molar-refractivity contribution in [1.82, 2.24) is 0 Å². The van der Waals surface area contributed by atoms with Crippen molar-refractivity contribution in [2.24, 2.45) is 11.8 Å². The van der Waals surface area contributed by atoms with Gasteiger partial charge in [-0.15, -0.1) is 0 Å². The SMILES string of the molecule is OC1CCC(C2CC2c2ccccc2)C1. The van der Waals surface area contributed by atoms with Crippen LogP contribution in [0.15, 0.2) is 30.3 Å². The summed E-state index contributed by atoms with van der Waals surface area (Å²) in [4.78, 5) is 0. The van der Waals surface area contributed by atoms with Gasteiger partial charge in [0, 0.05) is 0 Å². The lowest BCUT2D eigenvalue weighted by molar-refractivity contribution is 0.175. The molecule has 0 spiro atoms. The van der Waals surface area contributed by atoms with Gasteiger partial charge in [0.25, 0.3) is 0 Å². The Morgan fingerprint density at radius 2 is 1.80 bits per heavy atom. The lowest BCUT2D eigenvalue weighted by atomic mass is 9.98. The second-order valence-corrected chi connectivity index (χ2v) is 5.14. The van der Waals surface area contributed by atoms with Gasteiger partial charge in [0.05, 0.1) is 6.10 Å². The third-order valence-corrected chi connectivity index (χ3v) is 4.12. The number of hydrogen-bond acceptors (Lipinski definition) is 1. The summed E-state index contributed by atoms with van der Waals surface area (Å²) in [6.45, 7) is 0. The number of hydrogen-bond donors (Lipinski definition) is 1. The Balaban J connectivity index is 1.65. The zero-order valence-corrected chi connectivity index (χ0v) is 8.97. The van der Waals surface area contributed by atoms with Crippen LogP contribution in [0.2, 0.25) is 0 Å². The fourth-order valence-electron chi connectivity index (χ4n) is 3.20. The lowest BCUT2D eigenvalue weighted by Gasteiger charge is -2.08. The molecule has 4 unspecified atom stereocenters. The van der Waals surface area contributed by atoms with Gasteiger partial charge < -0.3 is 5.11 Å². The van der Waals surface area contributed by atoms with Gasteiger partial charge in [0.15, 0.2) is 0 Å². The zero-order chi connectivity index (χ0) is 10.3. The number of rotatable bonds is 2. The quantitative estimate of drug-likeness (QED) is 0.781. The van der Waals surface area contributed by atoms with E-state index in [1.165, 1.54) is 18.4 Å². The van der Waals surface area contributed by atoms with Crippen LogP contribution in [0.5, 0.6) is 0 Å². The van der Waals surface area contributed by atoms with Crippen molar-refractivity contribution in [3.05, 3.63) is 35.9 Å². The Labute approximate surface area is 91.1 Å². The molecule has 2 fully saturated rings. The Kier molecular flexibility index (Phi) is 2.28. The standard InChI is InChI=1S/C14H18O/c15-12-7-6-11(8-12)14-9-13(14)10-4-2-1-3-5-10/h1-5,11-15H,6-9H2. The summed E-state index contributed by atoms with van der Waals surface area (Å²) >= 11 is 0. The summed E-state index contributed by atoms with van der Waals surface area (Å²) in [5.41, 5.74) is 1.50. The molecule has 2 aliphatic rings. The maximum absolute atomic E-state index is 9.53. The van der Waals surface area contributed by atoms with Gasteiger partial charge in [0.1, 0.15) is 0 Å². The van der Waals surface area contributed by atoms with E-state index < -0.39 is 0 Å². The van der Waals surface area contributed by atoms with E-state index in [9.17, 15) is 5.11 Å². The van der Waals surface area contributed by atoms with Gasteiger partial charge in [-0.25, -0.2) is 0 Å². The van der Waals surface area contributed by atoms with E-state index in [0.717, 1.165) is 30.6 Å². The third-order valence-electron chi connectivity index (χ3n) is 4.12. The van der Waals surface area contributed by atoms with Crippen molar-refractivity contribution >= 4 is 0 Å². The molecule has 1 N–H and O–H groups in total. The first kappa shape index (κ1) is 9.41. The monoisotopic (exact) mass is 202 g/mol. The summed E-state index contributed by atoms with van der Waals surface area (Å²) in [7, 11) is 0. The molecule has 80 valence electrons. The van der Waals surface area contributed by atoms with E-state index in [2.05, 4.69) is 30.3 Å². The Hall–Kier alpha value is -0.820. The summed E-state index contributed by atoms with van der Waals surface area (Å²) in [6.07, 6.45) is 4.67. The molecule has 0 bridgehead atoms. The summed E-state index contributed by atoms with van der Waals surface area (Å²) in [5, 5.41) is 9.53. The number of aliphatic hydroxyl groups excluding tert-OH is 1. The average molecular weight is 202 g/mol. The topological polar surface area (TPSA) is 20.2 Å². The predicted octanol–water partition coefficient (Wildman–Crippen LogP) is 2.95. The summed E-state index contributed by atoms with van der Waals surface area (Å²) in [5.74, 6) is 2.45. The second kappa shape index (κ2) is 3.64. The van der Waals surface area contributed by atoms with E-state index in [1.54, 1.807) is 0 Å². The fourth-order valence-corrected chi connectivity index (χ4v) is 3.20. The van der Waals surface area contributed by atoms with Crippen LogP contribution in [0.3, 0.4) is 0 Å². The van der Waals surface area contributed by atoms with Crippen molar-refractivity contribution < 1.29 is 5.11 Å². The first-order valence-electron chi connectivity index (χ1n) is 6.07. The molecule has 0 aromatic heterocycles. The molecule has 0 saturated heterocycles. The normalized spacial score (nSPS) is 39.3. The van der Waals surface area contributed by atoms with E-state index >= 15 is 0 Å². The van der Waals surface area contributed by atoms with Gasteiger partial charge in [-0.05, 0) is 49.0 Å². The molecule has 1 heteroatoms. The van der Waals surface area contributed by atoms with Crippen molar-refractivity contribution in [2.75, 3.05) is 0 Å². The average Bonchev–Trinajstić information content (AvgIpc) is 2.96. The molecule has 2 saturated carbocycles. The highest BCUT2D eigenvalue weighted by molar-refractivity contribution is 5.26. The maximum Gasteiger partial charge on any atom is 0.0543 e. The van der Waals surface area contributed by atoms with E-state index in [1.807, 2.05) is 0 Å². The minimum atomic E-state index is -0.00739. The third kappa shape index (κ3) is 1.81. The molecule has 0 amide bonds. The lowest BCUT2D eigenvalue weighted by Crippen LogP contribution is -2.02. The van der Waals surface area contributed by atoms with Gasteiger partial charge in [-0.3, -0.25) is 0 Å². The van der Waals surface area contributed by atoms with Gasteiger partial charge in [-0.1, -0.05) is 30.3 Å². The zero-order valence-electron chi connectivity index (χ0n) is 8.97. The molecule has 1 aromatic carbocycles. The summed E-state index contributed by atoms with van der Waals surface area (Å²) < 4.78 is 0. The minimum absolute atomic E-state index is 0.00739. The Bertz CT molecular complexity index is 332. The molecular formula is C14H18O. The van der Waals surface area contributed by atoms with E-state index in [0.29, 0.717) is 0 Å². The van der Waals surface area contributed by atoms with Crippen LogP contribution in [-0.2, 0) is 0 Å². The predicted molar refractivity (Wildman–Crippen MR) is 60.6 cm³/mol. The smallest absolute Gasteiger partial charge is 0.0543 e. The molecule has 4 atom stereocenters. The fraction of sp³-hybridized carbons (Fsp3) is 0.571. The van der Waals surface area contributed by atoms with E-state index in [4.69, 9.17) is 0 Å². The van der Waals surface area contributed by atoms with Crippen molar-refractivity contribution in [2.45, 2.75) is 37.7 Å². The first-order chi connectivity index (χ1) is 7.34. The molecule has 1 nitrogen and oxygen atoms in total. The van der Waals surface area contributed by atoms with Gasteiger partial charge in [0.2, 0.25) is 0 Å². The molecule has 0 radical (unpaired) electrons.